The molecule has 0 unspecified atom stereocenters. The van der Waals surface area contributed by atoms with Gasteiger partial charge in [-0.25, -0.2) is 8.42 Å². The average Bonchev–Trinajstić information content (AvgIpc) is 2.87. The zero-order valence-corrected chi connectivity index (χ0v) is 20.6. The molecule has 0 aliphatic rings. The number of nitrogens with one attached hydrogen (secondary N) is 1. The second-order valence-corrected chi connectivity index (χ2v) is 10.4. The lowest BCUT2D eigenvalue weighted by Gasteiger charge is -2.23. The molecule has 4 aromatic carbocycles. The molecule has 4 aromatic rings. The van der Waals surface area contributed by atoms with Gasteiger partial charge in [-0.2, -0.15) is 0 Å². The molecule has 0 spiro atoms. The van der Waals surface area contributed by atoms with Gasteiger partial charge in [-0.1, -0.05) is 84.9 Å². The third-order valence-corrected chi connectivity index (χ3v) is 7.04. The number of hydrogen-bond acceptors (Lipinski definition) is 3. The topological polar surface area (TPSA) is 66.5 Å². The molecule has 5 nitrogen and oxygen atoms in total. The van der Waals surface area contributed by atoms with Crippen LogP contribution < -0.4 is 9.62 Å². The first-order valence-corrected chi connectivity index (χ1v) is 13.2. The summed E-state index contributed by atoms with van der Waals surface area (Å²) in [6.07, 6.45) is 1.19. The van der Waals surface area contributed by atoms with E-state index in [9.17, 15) is 13.2 Å². The van der Waals surface area contributed by atoms with Gasteiger partial charge in [0.1, 0.15) is 0 Å². The van der Waals surface area contributed by atoms with E-state index >= 15 is 0 Å². The minimum Gasteiger partial charge on any atom is -0.341 e. The van der Waals surface area contributed by atoms with Gasteiger partial charge in [-0.3, -0.25) is 9.10 Å². The molecule has 4 rings (SSSR count). The van der Waals surface area contributed by atoms with Crippen molar-refractivity contribution in [2.24, 2.45) is 0 Å². The van der Waals surface area contributed by atoms with Crippen molar-refractivity contribution < 1.29 is 13.2 Å². The summed E-state index contributed by atoms with van der Waals surface area (Å²) in [6, 6.07) is 33.6. The fraction of sp³-hybridized carbons (Fsp3) is 0.138. The summed E-state index contributed by atoms with van der Waals surface area (Å²) in [6.45, 7) is 2.22. The average molecular weight is 485 g/mol. The van der Waals surface area contributed by atoms with Crippen LogP contribution in [0.3, 0.4) is 0 Å². The standard InChI is InChI=1S/C29H28N2O3S/c1-22-11-9-10-16-27(22)28(24-12-5-3-6-13-24)30-29(32)25-19-17-23(18-20-25)21-31(35(2,33)34)26-14-7-4-8-15-26/h3-20,28H,21H2,1-2H3,(H,30,32)/t28-/m1/s1. The molecule has 1 N–H and O–H groups in total. The molecule has 0 aromatic heterocycles. The third kappa shape index (κ3) is 5.97. The van der Waals surface area contributed by atoms with E-state index in [-0.39, 0.29) is 18.5 Å². The van der Waals surface area contributed by atoms with Crippen molar-refractivity contribution >= 4 is 21.6 Å². The molecule has 0 bridgehead atoms. The number of carbonyl (C=O) groups is 1. The van der Waals surface area contributed by atoms with E-state index in [1.807, 2.05) is 67.6 Å². The number of aryl methyl sites for hydroxylation is 1. The summed E-state index contributed by atoms with van der Waals surface area (Å²) in [5.74, 6) is -0.198. The number of benzene rings is 4. The molecular weight excluding hydrogens is 456 g/mol. The van der Waals surface area contributed by atoms with Gasteiger partial charge in [-0.05, 0) is 53.4 Å². The summed E-state index contributed by atoms with van der Waals surface area (Å²) >= 11 is 0. The first-order chi connectivity index (χ1) is 16.8. The van der Waals surface area contributed by atoms with Gasteiger partial charge in [0.25, 0.3) is 5.91 Å². The third-order valence-electron chi connectivity index (χ3n) is 5.89. The first-order valence-electron chi connectivity index (χ1n) is 11.4. The number of carbonyl (C=O) groups excluding carboxylic acids is 1. The first kappa shape index (κ1) is 24.2. The van der Waals surface area contributed by atoms with E-state index < -0.39 is 10.0 Å². The number of nitrogens with zero attached hydrogens (tertiary/aromatic N) is 1. The van der Waals surface area contributed by atoms with Gasteiger partial charge in [0, 0.05) is 5.56 Å². The zero-order chi connectivity index (χ0) is 24.8. The van der Waals surface area contributed by atoms with Gasteiger partial charge in [0.05, 0.1) is 24.5 Å². The SMILES string of the molecule is Cc1ccccc1[C@H](NC(=O)c1ccc(CN(c2ccccc2)S(C)(=O)=O)cc1)c1ccccc1. The Kier molecular flexibility index (Phi) is 7.32. The predicted octanol–water partition coefficient (Wildman–Crippen LogP) is 5.48. The van der Waals surface area contributed by atoms with Gasteiger partial charge in [-0.15, -0.1) is 0 Å². The molecule has 1 amide bonds. The molecule has 35 heavy (non-hydrogen) atoms. The maximum atomic E-state index is 13.2. The Morgan fingerprint density at radius 1 is 0.800 bits per heavy atom. The van der Waals surface area contributed by atoms with Crippen molar-refractivity contribution in [1.29, 1.82) is 0 Å². The van der Waals surface area contributed by atoms with Crippen molar-refractivity contribution in [2.45, 2.75) is 19.5 Å². The Labute approximate surface area is 207 Å². The van der Waals surface area contributed by atoms with Crippen LogP contribution in [0, 0.1) is 6.92 Å². The predicted molar refractivity (Wildman–Crippen MR) is 141 cm³/mol. The van der Waals surface area contributed by atoms with Crippen molar-refractivity contribution in [3.63, 3.8) is 0 Å². The van der Waals surface area contributed by atoms with Crippen molar-refractivity contribution in [3.8, 4) is 0 Å². The fourth-order valence-corrected chi connectivity index (χ4v) is 4.92. The van der Waals surface area contributed by atoms with E-state index in [2.05, 4.69) is 5.32 Å². The van der Waals surface area contributed by atoms with Crippen LogP contribution in [-0.4, -0.2) is 20.6 Å². The number of hydrogen-bond donors (Lipinski definition) is 1. The van der Waals surface area contributed by atoms with Gasteiger partial charge < -0.3 is 5.32 Å². The summed E-state index contributed by atoms with van der Waals surface area (Å²) in [4.78, 5) is 13.2. The zero-order valence-electron chi connectivity index (χ0n) is 19.8. The fourth-order valence-electron chi connectivity index (χ4n) is 4.03. The van der Waals surface area contributed by atoms with Crippen LogP contribution in [0.4, 0.5) is 5.69 Å². The number of amides is 1. The van der Waals surface area contributed by atoms with Gasteiger partial charge in [0.2, 0.25) is 10.0 Å². The molecule has 6 heteroatoms. The van der Waals surface area contributed by atoms with E-state index in [0.29, 0.717) is 11.3 Å². The van der Waals surface area contributed by atoms with Crippen LogP contribution in [0.25, 0.3) is 0 Å². The normalized spacial score (nSPS) is 12.1. The molecule has 0 fully saturated rings. The second-order valence-electron chi connectivity index (χ2n) is 8.48. The van der Waals surface area contributed by atoms with Crippen LogP contribution in [0.5, 0.6) is 0 Å². The molecule has 0 aliphatic heterocycles. The van der Waals surface area contributed by atoms with Gasteiger partial charge >= 0.3 is 0 Å². The quantitative estimate of drug-likeness (QED) is 0.360. The van der Waals surface area contributed by atoms with Crippen LogP contribution >= 0.6 is 0 Å². The smallest absolute Gasteiger partial charge is 0.252 e. The van der Waals surface area contributed by atoms with E-state index in [1.165, 1.54) is 10.6 Å². The van der Waals surface area contributed by atoms with E-state index in [0.717, 1.165) is 22.3 Å². The summed E-state index contributed by atoms with van der Waals surface area (Å²) in [5, 5.41) is 3.17. The molecule has 0 saturated heterocycles. The molecule has 0 radical (unpaired) electrons. The molecule has 1 atom stereocenters. The Hall–Kier alpha value is -3.90. The summed E-state index contributed by atoms with van der Waals surface area (Å²) in [7, 11) is -3.47. The maximum absolute atomic E-state index is 13.2. The number of sulfonamides is 1. The number of anilines is 1. The Balaban J connectivity index is 1.55. The Bertz CT molecular complexity index is 1390. The van der Waals surface area contributed by atoms with Crippen LogP contribution in [0.2, 0.25) is 0 Å². The number of para-hydroxylation sites is 1. The van der Waals surface area contributed by atoms with Crippen LogP contribution in [0.1, 0.15) is 38.7 Å². The van der Waals surface area contributed by atoms with Crippen LogP contribution in [-0.2, 0) is 16.6 Å². The van der Waals surface area contributed by atoms with E-state index in [1.54, 1.807) is 48.5 Å². The van der Waals surface area contributed by atoms with Crippen LogP contribution in [0.15, 0.2) is 109 Å². The minimum atomic E-state index is -3.47. The molecule has 0 heterocycles. The molecule has 0 aliphatic carbocycles. The lowest BCUT2D eigenvalue weighted by Crippen LogP contribution is -2.30. The Morgan fingerprint density at radius 3 is 1.97 bits per heavy atom. The van der Waals surface area contributed by atoms with E-state index in [4.69, 9.17) is 0 Å². The highest BCUT2D eigenvalue weighted by Crippen LogP contribution is 2.26. The van der Waals surface area contributed by atoms with Crippen molar-refractivity contribution in [2.75, 3.05) is 10.6 Å². The highest BCUT2D eigenvalue weighted by atomic mass is 32.2. The summed E-state index contributed by atoms with van der Waals surface area (Å²) in [5.41, 5.74) is 5.02. The second kappa shape index (κ2) is 10.6. The molecule has 178 valence electrons. The van der Waals surface area contributed by atoms with Crippen molar-refractivity contribution in [1.82, 2.24) is 5.32 Å². The lowest BCUT2D eigenvalue weighted by molar-refractivity contribution is 0.0943. The molecule has 0 saturated carbocycles. The maximum Gasteiger partial charge on any atom is 0.252 e. The number of rotatable bonds is 8. The highest BCUT2D eigenvalue weighted by molar-refractivity contribution is 7.92. The van der Waals surface area contributed by atoms with Gasteiger partial charge in [0.15, 0.2) is 0 Å². The summed E-state index contributed by atoms with van der Waals surface area (Å²) < 4.78 is 26.1. The monoisotopic (exact) mass is 484 g/mol. The van der Waals surface area contributed by atoms with Crippen molar-refractivity contribution in [3.05, 3.63) is 137 Å². The minimum absolute atomic E-state index is 0.181. The highest BCUT2D eigenvalue weighted by Gasteiger charge is 2.20. The Morgan fingerprint density at radius 2 is 1.37 bits per heavy atom. The largest absolute Gasteiger partial charge is 0.341 e. The molecular formula is C29H28N2O3S. The lowest BCUT2D eigenvalue weighted by atomic mass is 9.94.